The number of thiophene rings is 4. The highest BCUT2D eigenvalue weighted by atomic mass is 35.5. The van der Waals surface area contributed by atoms with Gasteiger partial charge in [-0.25, -0.2) is 0 Å². The number of halogens is 5. The SMILES string of the molecule is Cc1cc2c(Cl)cc(Cl)cc2s1.Cc1cc2cc(Cl)cc(Cl)c2s1.Cc1cc2cccc(Cl)c2s1.Cc1sc2ccccc2c1C. The lowest BCUT2D eigenvalue weighted by molar-refractivity contribution is 1.47. The molecule has 0 bridgehead atoms. The molecule has 4 aromatic carbocycles. The molecule has 0 fully saturated rings. The standard InChI is InChI=1S/C10H10S.2C9H6Cl2S.C9H7ClS/c1-7-8(2)11-10-6-4-3-5-9(7)10;1-5-2-7-8(11)3-6(10)4-9(7)12-5;1-5-2-6-3-7(10)4-8(11)9(6)12-5;1-6-5-7-3-2-4-8(10)9(7)11-6/h3-6H,1-2H3;2*2-4H,1H3;2-5H,1H3. The Bertz CT molecular complexity index is 2200. The molecule has 9 heteroatoms. The van der Waals surface area contributed by atoms with E-state index in [0.29, 0.717) is 10.0 Å². The summed E-state index contributed by atoms with van der Waals surface area (Å²) in [4.78, 5) is 5.27. The molecule has 8 rings (SSSR count). The van der Waals surface area contributed by atoms with Gasteiger partial charge in [0.25, 0.3) is 0 Å². The summed E-state index contributed by atoms with van der Waals surface area (Å²) >= 11 is 36.7. The van der Waals surface area contributed by atoms with Crippen LogP contribution in [-0.2, 0) is 0 Å². The molecule has 0 saturated carbocycles. The van der Waals surface area contributed by atoms with Crippen molar-refractivity contribution in [3.8, 4) is 0 Å². The first-order chi connectivity index (χ1) is 21.9. The monoisotopic (exact) mass is 776 g/mol. The molecule has 0 unspecified atom stereocenters. The molecule has 0 aliphatic heterocycles. The molecule has 0 amide bonds. The topological polar surface area (TPSA) is 0 Å². The number of hydrogen-bond acceptors (Lipinski definition) is 4. The Morgan fingerprint density at radius 2 is 1.04 bits per heavy atom. The van der Waals surface area contributed by atoms with E-state index in [2.05, 4.69) is 83.1 Å². The van der Waals surface area contributed by atoms with Crippen molar-refractivity contribution in [2.24, 2.45) is 0 Å². The van der Waals surface area contributed by atoms with Crippen LogP contribution in [0.5, 0.6) is 0 Å². The van der Waals surface area contributed by atoms with E-state index in [9.17, 15) is 0 Å². The van der Waals surface area contributed by atoms with Gasteiger partial charge in [-0.1, -0.05) is 88.3 Å². The second-order valence-corrected chi connectivity index (χ2v) is 17.8. The third kappa shape index (κ3) is 8.60. The second-order valence-electron chi connectivity index (χ2n) is 10.6. The number of hydrogen-bond donors (Lipinski definition) is 0. The van der Waals surface area contributed by atoms with Gasteiger partial charge in [-0.2, -0.15) is 0 Å². The molecule has 0 spiro atoms. The lowest BCUT2D eigenvalue weighted by Gasteiger charge is -1.93. The van der Waals surface area contributed by atoms with E-state index >= 15 is 0 Å². The van der Waals surface area contributed by atoms with Crippen molar-refractivity contribution in [2.45, 2.75) is 34.6 Å². The van der Waals surface area contributed by atoms with Crippen molar-refractivity contribution in [3.63, 3.8) is 0 Å². The molecule has 0 radical (unpaired) electrons. The van der Waals surface area contributed by atoms with Crippen molar-refractivity contribution in [2.75, 3.05) is 0 Å². The highest BCUT2D eigenvalue weighted by Crippen LogP contribution is 2.35. The number of rotatable bonds is 0. The van der Waals surface area contributed by atoms with E-state index in [-0.39, 0.29) is 0 Å². The van der Waals surface area contributed by atoms with Crippen LogP contribution in [0.1, 0.15) is 25.1 Å². The van der Waals surface area contributed by atoms with E-state index in [1.807, 2.05) is 35.6 Å². The van der Waals surface area contributed by atoms with E-state index in [4.69, 9.17) is 58.0 Å². The maximum Gasteiger partial charge on any atom is 0.0599 e. The van der Waals surface area contributed by atoms with Gasteiger partial charge in [0.2, 0.25) is 0 Å². The molecule has 0 nitrogen and oxygen atoms in total. The smallest absolute Gasteiger partial charge is 0.0599 e. The minimum Gasteiger partial charge on any atom is -0.140 e. The molecule has 236 valence electrons. The number of fused-ring (bicyclic) bond motifs is 4. The molecule has 0 aliphatic rings. The lowest BCUT2D eigenvalue weighted by atomic mass is 10.2. The maximum atomic E-state index is 6.00. The zero-order chi connectivity index (χ0) is 33.1. The van der Waals surface area contributed by atoms with Crippen LogP contribution in [0.15, 0.2) is 84.9 Å². The molecule has 8 aromatic rings. The quantitative estimate of drug-likeness (QED) is 0.144. The molecule has 0 saturated heterocycles. The minimum atomic E-state index is 0.699. The third-order valence-electron chi connectivity index (χ3n) is 7.04. The fraction of sp³-hybridized carbons (Fsp3) is 0.135. The Morgan fingerprint density at radius 1 is 0.435 bits per heavy atom. The summed E-state index contributed by atoms with van der Waals surface area (Å²) in [7, 11) is 0. The summed E-state index contributed by atoms with van der Waals surface area (Å²) in [5.74, 6) is 0. The fourth-order valence-corrected chi connectivity index (χ4v) is 10.3. The van der Waals surface area contributed by atoms with Gasteiger partial charge in [0.15, 0.2) is 0 Å². The van der Waals surface area contributed by atoms with Crippen molar-refractivity contribution in [3.05, 3.63) is 135 Å². The first-order valence-corrected chi connectivity index (χ1v) is 19.3. The molecule has 4 heterocycles. The largest absolute Gasteiger partial charge is 0.140 e. The summed E-state index contributed by atoms with van der Waals surface area (Å²) < 4.78 is 4.89. The second kappa shape index (κ2) is 15.6. The number of aryl methyl sites for hydroxylation is 5. The third-order valence-corrected chi connectivity index (χ3v) is 13.0. The Hall–Kier alpha value is -1.83. The summed E-state index contributed by atoms with van der Waals surface area (Å²) in [6.45, 7) is 10.6. The summed E-state index contributed by atoms with van der Waals surface area (Å²) in [6.07, 6.45) is 0. The normalized spacial score (nSPS) is 10.8. The molecular formula is C37H29Cl5S4. The summed E-state index contributed by atoms with van der Waals surface area (Å²) in [5.41, 5.74) is 1.44. The zero-order valence-corrected chi connectivity index (χ0v) is 32.7. The Balaban J connectivity index is 0.000000121. The van der Waals surface area contributed by atoms with Gasteiger partial charge in [-0.3, -0.25) is 0 Å². The van der Waals surface area contributed by atoms with E-state index in [0.717, 1.165) is 35.2 Å². The molecule has 0 aliphatic carbocycles. The summed E-state index contributed by atoms with van der Waals surface area (Å²) in [6, 6.07) is 28.3. The van der Waals surface area contributed by atoms with Crippen LogP contribution < -0.4 is 0 Å². The molecule has 46 heavy (non-hydrogen) atoms. The van der Waals surface area contributed by atoms with Crippen molar-refractivity contribution in [1.29, 1.82) is 0 Å². The fourth-order valence-electron chi connectivity index (χ4n) is 4.85. The van der Waals surface area contributed by atoms with Gasteiger partial charge in [0, 0.05) is 44.3 Å². The van der Waals surface area contributed by atoms with Crippen LogP contribution >= 0.6 is 103 Å². The average Bonchev–Trinajstić information content (AvgIpc) is 3.74. The lowest BCUT2D eigenvalue weighted by Crippen LogP contribution is -1.68. The van der Waals surface area contributed by atoms with Gasteiger partial charge in [0.1, 0.15) is 0 Å². The molecule has 0 N–H and O–H groups in total. The Labute approximate surface area is 310 Å². The van der Waals surface area contributed by atoms with Gasteiger partial charge in [0.05, 0.1) is 24.5 Å². The van der Waals surface area contributed by atoms with E-state index < -0.39 is 0 Å². The van der Waals surface area contributed by atoms with Crippen molar-refractivity contribution >= 4 is 144 Å². The van der Waals surface area contributed by atoms with Crippen molar-refractivity contribution in [1.82, 2.24) is 0 Å². The van der Waals surface area contributed by atoms with Crippen LogP contribution in [0.3, 0.4) is 0 Å². The number of benzene rings is 4. The first kappa shape index (κ1) is 35.5. The minimum absolute atomic E-state index is 0.699. The van der Waals surface area contributed by atoms with Crippen LogP contribution in [0.4, 0.5) is 0 Å². The van der Waals surface area contributed by atoms with Gasteiger partial charge >= 0.3 is 0 Å². The van der Waals surface area contributed by atoms with Gasteiger partial charge < -0.3 is 0 Å². The molecule has 0 atom stereocenters. The molecular weight excluding hydrogens is 750 g/mol. The van der Waals surface area contributed by atoms with E-state index in [1.165, 1.54) is 45.2 Å². The highest BCUT2D eigenvalue weighted by molar-refractivity contribution is 7.20. The van der Waals surface area contributed by atoms with Crippen LogP contribution in [-0.4, -0.2) is 0 Å². The summed E-state index contributed by atoms with van der Waals surface area (Å²) in [5, 5.41) is 8.64. The van der Waals surface area contributed by atoms with Gasteiger partial charge in [-0.05, 0) is 111 Å². The van der Waals surface area contributed by atoms with Crippen LogP contribution in [0, 0.1) is 34.6 Å². The van der Waals surface area contributed by atoms with Crippen LogP contribution in [0.2, 0.25) is 25.1 Å². The van der Waals surface area contributed by atoms with Gasteiger partial charge in [-0.15, -0.1) is 45.3 Å². The zero-order valence-electron chi connectivity index (χ0n) is 25.6. The van der Waals surface area contributed by atoms with Crippen molar-refractivity contribution < 1.29 is 0 Å². The Kier molecular flexibility index (Phi) is 12.0. The predicted octanol–water partition coefficient (Wildman–Crippen LogP) is 16.4. The van der Waals surface area contributed by atoms with E-state index in [1.54, 1.807) is 46.1 Å². The highest BCUT2D eigenvalue weighted by Gasteiger charge is 2.05. The Morgan fingerprint density at radius 3 is 1.74 bits per heavy atom. The first-order valence-electron chi connectivity index (χ1n) is 14.2. The van der Waals surface area contributed by atoms with Crippen LogP contribution in [0.25, 0.3) is 40.3 Å². The average molecular weight is 779 g/mol. The predicted molar refractivity (Wildman–Crippen MR) is 216 cm³/mol. The maximum absolute atomic E-state index is 6.00. The molecule has 4 aromatic heterocycles.